The van der Waals surface area contributed by atoms with Gasteiger partial charge in [0.15, 0.2) is 23.1 Å². The predicted molar refractivity (Wildman–Crippen MR) is 152 cm³/mol. The molecular formula is C30H35FN4O6. The number of halogens is 1. The van der Waals surface area contributed by atoms with Crippen molar-refractivity contribution in [3.05, 3.63) is 65.1 Å². The zero-order valence-electron chi connectivity index (χ0n) is 23.5. The highest BCUT2D eigenvalue weighted by Gasteiger charge is 2.17. The van der Waals surface area contributed by atoms with Crippen LogP contribution in [-0.2, 0) is 11.3 Å². The molecule has 1 aliphatic heterocycles. The standard InChI is InChI=1S/C30H35FN4O6/c1-20(2)18-34-19-29(36)35(30(34)37)21-5-6-26(23(31)15-21)41-25-7-8-32-24-17-28(27(38-3)16-22(24)25)40-12-4-9-33-10-13-39-14-11-33/h5-8,15-17,19-20,36H,4,9-14,18H2,1-3H3. The maximum atomic E-state index is 15.2. The third-order valence-corrected chi connectivity index (χ3v) is 6.86. The molecule has 0 saturated carbocycles. The summed E-state index contributed by atoms with van der Waals surface area (Å²) in [5.41, 5.74) is 0.346. The molecule has 1 aliphatic rings. The molecular weight excluding hydrogens is 531 g/mol. The molecule has 3 heterocycles. The average molecular weight is 567 g/mol. The molecule has 2 aromatic carbocycles. The largest absolute Gasteiger partial charge is 0.493 e. The van der Waals surface area contributed by atoms with Crippen molar-refractivity contribution < 1.29 is 28.4 Å². The molecule has 1 N–H and O–H groups in total. The van der Waals surface area contributed by atoms with Gasteiger partial charge in [-0.25, -0.2) is 13.8 Å². The Morgan fingerprint density at radius 2 is 1.88 bits per heavy atom. The molecule has 4 aromatic rings. The third kappa shape index (κ3) is 6.47. The molecule has 2 aromatic heterocycles. The number of morpholine rings is 1. The van der Waals surface area contributed by atoms with Gasteiger partial charge in [-0.05, 0) is 36.6 Å². The first-order valence-electron chi connectivity index (χ1n) is 13.7. The minimum atomic E-state index is -0.692. The van der Waals surface area contributed by atoms with E-state index in [4.69, 9.17) is 18.9 Å². The summed E-state index contributed by atoms with van der Waals surface area (Å²) in [6.45, 7) is 9.20. The fourth-order valence-electron chi connectivity index (χ4n) is 4.86. The predicted octanol–water partition coefficient (Wildman–Crippen LogP) is 4.59. The first-order valence-corrected chi connectivity index (χ1v) is 13.7. The maximum Gasteiger partial charge on any atom is 0.335 e. The van der Waals surface area contributed by atoms with Gasteiger partial charge >= 0.3 is 5.69 Å². The Labute approximate surface area is 237 Å². The van der Waals surface area contributed by atoms with E-state index in [1.165, 1.54) is 22.9 Å². The lowest BCUT2D eigenvalue weighted by Gasteiger charge is -2.26. The topological polar surface area (TPSA) is 100 Å². The highest BCUT2D eigenvalue weighted by atomic mass is 19.1. The van der Waals surface area contributed by atoms with Crippen molar-refractivity contribution in [3.63, 3.8) is 0 Å². The second-order valence-corrected chi connectivity index (χ2v) is 10.4. The van der Waals surface area contributed by atoms with Crippen molar-refractivity contribution in [2.24, 2.45) is 5.92 Å². The Hall–Kier alpha value is -4.09. The highest BCUT2D eigenvalue weighted by molar-refractivity contribution is 5.88. The van der Waals surface area contributed by atoms with Crippen LogP contribution in [0, 0.1) is 11.7 Å². The van der Waals surface area contributed by atoms with Crippen LogP contribution < -0.4 is 19.9 Å². The molecule has 41 heavy (non-hydrogen) atoms. The first kappa shape index (κ1) is 28.4. The van der Waals surface area contributed by atoms with Crippen molar-refractivity contribution in [3.8, 4) is 34.6 Å². The second-order valence-electron chi connectivity index (χ2n) is 10.4. The summed E-state index contributed by atoms with van der Waals surface area (Å²) in [4.78, 5) is 19.6. The van der Waals surface area contributed by atoms with Gasteiger partial charge in [0, 0.05) is 49.9 Å². The Balaban J connectivity index is 1.33. The summed E-state index contributed by atoms with van der Waals surface area (Å²) in [5, 5.41) is 11.0. The number of hydrogen-bond donors (Lipinski definition) is 1. The molecule has 1 fully saturated rings. The van der Waals surface area contributed by atoms with Crippen molar-refractivity contribution in [2.75, 3.05) is 46.6 Å². The van der Waals surface area contributed by atoms with Crippen LogP contribution in [0.15, 0.2) is 53.6 Å². The lowest BCUT2D eigenvalue weighted by Crippen LogP contribution is -2.37. The van der Waals surface area contributed by atoms with Gasteiger partial charge in [-0.2, -0.15) is 0 Å². The van der Waals surface area contributed by atoms with Crippen molar-refractivity contribution in [1.82, 2.24) is 19.0 Å². The number of pyridine rings is 1. The van der Waals surface area contributed by atoms with Gasteiger partial charge < -0.3 is 24.1 Å². The van der Waals surface area contributed by atoms with Crippen LogP contribution in [0.25, 0.3) is 16.6 Å². The number of methoxy groups -OCH3 is 1. The number of aromatic nitrogens is 3. The van der Waals surface area contributed by atoms with Gasteiger partial charge in [-0.3, -0.25) is 14.5 Å². The van der Waals surface area contributed by atoms with E-state index in [-0.39, 0.29) is 23.2 Å². The van der Waals surface area contributed by atoms with Crippen molar-refractivity contribution in [1.29, 1.82) is 0 Å². The number of fused-ring (bicyclic) bond motifs is 1. The van der Waals surface area contributed by atoms with E-state index < -0.39 is 11.5 Å². The summed E-state index contributed by atoms with van der Waals surface area (Å²) >= 11 is 0. The molecule has 5 rings (SSSR count). The van der Waals surface area contributed by atoms with Crippen LogP contribution in [0.2, 0.25) is 0 Å². The van der Waals surface area contributed by atoms with E-state index in [0.717, 1.165) is 49.9 Å². The van der Waals surface area contributed by atoms with Crippen LogP contribution in [0.3, 0.4) is 0 Å². The van der Waals surface area contributed by atoms with Crippen LogP contribution in [-0.4, -0.2) is 70.7 Å². The molecule has 0 radical (unpaired) electrons. The van der Waals surface area contributed by atoms with E-state index >= 15 is 4.39 Å². The molecule has 0 aliphatic carbocycles. The lowest BCUT2D eigenvalue weighted by atomic mass is 10.1. The van der Waals surface area contributed by atoms with Gasteiger partial charge in [0.25, 0.3) is 0 Å². The number of ether oxygens (including phenoxy) is 4. The summed E-state index contributed by atoms with van der Waals surface area (Å²) in [6.07, 6.45) is 3.79. The molecule has 218 valence electrons. The maximum absolute atomic E-state index is 15.2. The zero-order valence-corrected chi connectivity index (χ0v) is 23.5. The van der Waals surface area contributed by atoms with E-state index in [1.807, 2.05) is 13.8 Å². The molecule has 0 unspecified atom stereocenters. The Morgan fingerprint density at radius 1 is 1.07 bits per heavy atom. The van der Waals surface area contributed by atoms with E-state index in [0.29, 0.717) is 41.3 Å². The number of rotatable bonds is 11. The number of nitrogens with zero attached hydrogens (tertiary/aromatic N) is 4. The van der Waals surface area contributed by atoms with Crippen molar-refractivity contribution in [2.45, 2.75) is 26.8 Å². The number of benzene rings is 2. The van der Waals surface area contributed by atoms with Crippen LogP contribution >= 0.6 is 0 Å². The molecule has 0 bridgehead atoms. The molecule has 11 heteroatoms. The van der Waals surface area contributed by atoms with E-state index in [9.17, 15) is 9.90 Å². The summed E-state index contributed by atoms with van der Waals surface area (Å²) in [5.74, 6) is 0.653. The Kier molecular flexibility index (Phi) is 8.75. The fourth-order valence-corrected chi connectivity index (χ4v) is 4.86. The zero-order chi connectivity index (χ0) is 28.9. The summed E-state index contributed by atoms with van der Waals surface area (Å²) in [6, 6.07) is 9.28. The van der Waals surface area contributed by atoms with Crippen LogP contribution in [0.1, 0.15) is 20.3 Å². The van der Waals surface area contributed by atoms with Crippen LogP contribution in [0.5, 0.6) is 28.9 Å². The van der Waals surface area contributed by atoms with E-state index in [1.54, 1.807) is 31.5 Å². The lowest BCUT2D eigenvalue weighted by molar-refractivity contribution is 0.0357. The first-order chi connectivity index (χ1) is 19.8. The van der Waals surface area contributed by atoms with Gasteiger partial charge in [0.05, 0.1) is 44.3 Å². The average Bonchev–Trinajstić information content (AvgIpc) is 3.23. The smallest absolute Gasteiger partial charge is 0.335 e. The minimum absolute atomic E-state index is 0.0437. The SMILES string of the molecule is COc1cc2c(Oc3ccc(-n4c(O)cn(CC(C)C)c4=O)cc3F)ccnc2cc1OCCCN1CCOCC1. The Morgan fingerprint density at radius 3 is 2.61 bits per heavy atom. The van der Waals surface area contributed by atoms with Gasteiger partial charge in [0.1, 0.15) is 5.75 Å². The molecule has 1 saturated heterocycles. The normalized spacial score (nSPS) is 14.1. The van der Waals surface area contributed by atoms with Crippen LogP contribution in [0.4, 0.5) is 4.39 Å². The fraction of sp³-hybridized carbons (Fsp3) is 0.400. The summed E-state index contributed by atoms with van der Waals surface area (Å²) in [7, 11) is 1.56. The monoisotopic (exact) mass is 566 g/mol. The molecule has 0 atom stereocenters. The number of imidazole rings is 1. The minimum Gasteiger partial charge on any atom is -0.493 e. The molecule has 0 spiro atoms. The third-order valence-electron chi connectivity index (χ3n) is 6.86. The van der Waals surface area contributed by atoms with Gasteiger partial charge in [0.2, 0.25) is 5.88 Å². The molecule has 0 amide bonds. The number of aromatic hydroxyl groups is 1. The van der Waals surface area contributed by atoms with Gasteiger partial charge in [-0.1, -0.05) is 13.8 Å². The quantitative estimate of drug-likeness (QED) is 0.263. The number of hydrogen-bond acceptors (Lipinski definition) is 8. The van der Waals surface area contributed by atoms with Gasteiger partial charge in [-0.15, -0.1) is 0 Å². The second kappa shape index (κ2) is 12.6. The highest BCUT2D eigenvalue weighted by Crippen LogP contribution is 2.38. The summed E-state index contributed by atoms with van der Waals surface area (Å²) < 4.78 is 40.6. The Bertz CT molecular complexity index is 1560. The molecule has 10 nitrogen and oxygen atoms in total. The van der Waals surface area contributed by atoms with E-state index in [2.05, 4.69) is 9.88 Å². The van der Waals surface area contributed by atoms with Crippen molar-refractivity contribution >= 4 is 10.9 Å².